The molecule has 106 valence electrons. The van der Waals surface area contributed by atoms with Gasteiger partial charge in [0.1, 0.15) is 5.69 Å². The number of nitrogens with zero attached hydrogens (tertiary/aromatic N) is 1. The molecule has 0 saturated carbocycles. The van der Waals surface area contributed by atoms with E-state index in [0.29, 0.717) is 5.56 Å². The van der Waals surface area contributed by atoms with Gasteiger partial charge in [0.25, 0.3) is 0 Å². The van der Waals surface area contributed by atoms with Crippen LogP contribution in [0.15, 0.2) is 36.4 Å². The third-order valence-electron chi connectivity index (χ3n) is 2.43. The predicted molar refractivity (Wildman–Crippen MR) is 76.7 cm³/mol. The van der Waals surface area contributed by atoms with Gasteiger partial charge in [-0.3, -0.25) is 0 Å². The lowest BCUT2D eigenvalue weighted by molar-refractivity contribution is 0.0595. The summed E-state index contributed by atoms with van der Waals surface area (Å²) < 4.78 is 18.3. The van der Waals surface area contributed by atoms with Gasteiger partial charge in [0, 0.05) is 11.6 Å². The molecule has 0 bridgehead atoms. The van der Waals surface area contributed by atoms with Crippen molar-refractivity contribution in [1.29, 1.82) is 0 Å². The van der Waals surface area contributed by atoms with E-state index in [2.05, 4.69) is 9.72 Å². The van der Waals surface area contributed by atoms with Crippen molar-refractivity contribution in [3.63, 3.8) is 0 Å². The summed E-state index contributed by atoms with van der Waals surface area (Å²) in [7, 11) is 1.22. The minimum atomic E-state index is -0.690. The Morgan fingerprint density at radius 3 is 2.40 bits per heavy atom. The molecule has 0 aliphatic carbocycles. The van der Waals surface area contributed by atoms with Crippen LogP contribution in [0.25, 0.3) is 11.3 Å². The van der Waals surface area contributed by atoms with Crippen LogP contribution in [-0.4, -0.2) is 18.1 Å². The van der Waals surface area contributed by atoms with Gasteiger partial charge < -0.3 is 10.5 Å². The minimum absolute atomic E-state index is 0.0426. The van der Waals surface area contributed by atoms with Crippen LogP contribution in [0, 0.1) is 5.82 Å². The summed E-state index contributed by atoms with van der Waals surface area (Å²) in [6.07, 6.45) is 0. The molecule has 0 amide bonds. The van der Waals surface area contributed by atoms with E-state index in [1.807, 2.05) is 13.8 Å². The quantitative estimate of drug-likeness (QED) is 0.855. The summed E-state index contributed by atoms with van der Waals surface area (Å²) in [6.45, 7) is 4.00. The fourth-order valence-corrected chi connectivity index (χ4v) is 1.56. The summed E-state index contributed by atoms with van der Waals surface area (Å²) in [4.78, 5) is 15.4. The molecule has 0 fully saturated rings. The Balaban J connectivity index is 0.000000956. The molecular weight excluding hydrogens is 259 g/mol. The highest BCUT2D eigenvalue weighted by Gasteiger charge is 2.17. The molecule has 0 saturated heterocycles. The van der Waals surface area contributed by atoms with E-state index in [9.17, 15) is 9.18 Å². The van der Waals surface area contributed by atoms with Gasteiger partial charge in [0.2, 0.25) is 0 Å². The van der Waals surface area contributed by atoms with Crippen LogP contribution in [0.3, 0.4) is 0 Å². The molecule has 4 nitrogen and oxygen atoms in total. The van der Waals surface area contributed by atoms with Crippen LogP contribution < -0.4 is 5.73 Å². The van der Waals surface area contributed by atoms with Gasteiger partial charge in [0.05, 0.1) is 12.8 Å². The highest BCUT2D eigenvalue weighted by Crippen LogP contribution is 2.24. The van der Waals surface area contributed by atoms with Gasteiger partial charge >= 0.3 is 5.97 Å². The van der Waals surface area contributed by atoms with Gasteiger partial charge in [-0.05, 0) is 0 Å². The number of methoxy groups -OCH3 is 1. The first-order valence-corrected chi connectivity index (χ1v) is 6.23. The highest BCUT2D eigenvalue weighted by molar-refractivity contribution is 5.93. The molecule has 0 spiro atoms. The maximum atomic E-state index is 13.8. The number of ether oxygens (including phenoxy) is 1. The molecule has 0 aliphatic rings. The van der Waals surface area contributed by atoms with Crippen LogP contribution in [0.5, 0.6) is 0 Å². The lowest BCUT2D eigenvalue weighted by atomic mass is 10.1. The SMILES string of the molecule is CC.COC(=O)c1nc(-c2ccccc2)c(F)cc1N. The van der Waals surface area contributed by atoms with E-state index in [0.717, 1.165) is 6.07 Å². The number of carbonyl (C=O) groups is 1. The van der Waals surface area contributed by atoms with Crippen molar-refractivity contribution in [2.75, 3.05) is 12.8 Å². The molecule has 1 aromatic carbocycles. The van der Waals surface area contributed by atoms with E-state index in [4.69, 9.17) is 5.73 Å². The second-order valence-electron chi connectivity index (χ2n) is 3.61. The minimum Gasteiger partial charge on any atom is -0.464 e. The molecule has 2 rings (SSSR count). The van der Waals surface area contributed by atoms with Crippen molar-refractivity contribution in [2.45, 2.75) is 13.8 Å². The lowest BCUT2D eigenvalue weighted by Gasteiger charge is -2.07. The smallest absolute Gasteiger partial charge is 0.358 e. The summed E-state index contributed by atoms with van der Waals surface area (Å²) in [5.74, 6) is -1.27. The number of carbonyl (C=O) groups excluding carboxylic acids is 1. The number of hydrogen-bond donors (Lipinski definition) is 1. The first-order valence-electron chi connectivity index (χ1n) is 6.23. The number of halogens is 1. The first-order chi connectivity index (χ1) is 9.63. The monoisotopic (exact) mass is 276 g/mol. The molecule has 2 N–H and O–H groups in total. The maximum absolute atomic E-state index is 13.8. The normalized spacial score (nSPS) is 9.40. The Morgan fingerprint density at radius 1 is 1.25 bits per heavy atom. The standard InChI is InChI=1S/C13H11FN2O2.C2H6/c1-18-13(17)12-10(15)7-9(14)11(16-12)8-5-3-2-4-6-8;1-2/h2-7H,15H2,1H3;1-2H3. The summed E-state index contributed by atoms with van der Waals surface area (Å²) in [5.41, 5.74) is 6.06. The number of anilines is 1. The number of esters is 1. The molecule has 1 aromatic heterocycles. The van der Waals surface area contributed by atoms with E-state index in [-0.39, 0.29) is 17.1 Å². The molecule has 0 unspecified atom stereocenters. The molecule has 0 aliphatic heterocycles. The van der Waals surface area contributed by atoms with Gasteiger partial charge in [-0.15, -0.1) is 0 Å². The van der Waals surface area contributed by atoms with Crippen LogP contribution in [0.4, 0.5) is 10.1 Å². The van der Waals surface area contributed by atoms with Crippen molar-refractivity contribution >= 4 is 11.7 Å². The molecular formula is C15H17FN2O2. The second-order valence-corrected chi connectivity index (χ2v) is 3.61. The van der Waals surface area contributed by atoms with Crippen LogP contribution >= 0.6 is 0 Å². The second kappa shape index (κ2) is 7.23. The Kier molecular flexibility index (Phi) is 5.65. The average Bonchev–Trinajstić information content (AvgIpc) is 2.49. The van der Waals surface area contributed by atoms with Gasteiger partial charge in [0.15, 0.2) is 11.5 Å². The fraction of sp³-hybridized carbons (Fsp3) is 0.200. The van der Waals surface area contributed by atoms with E-state index in [1.165, 1.54) is 7.11 Å². The first kappa shape index (κ1) is 15.6. The Labute approximate surface area is 117 Å². The third-order valence-corrected chi connectivity index (χ3v) is 2.43. The maximum Gasteiger partial charge on any atom is 0.358 e. The number of aromatic nitrogens is 1. The van der Waals surface area contributed by atoms with Crippen molar-refractivity contribution in [1.82, 2.24) is 4.98 Å². The van der Waals surface area contributed by atoms with Crippen molar-refractivity contribution < 1.29 is 13.9 Å². The number of benzene rings is 1. The lowest BCUT2D eigenvalue weighted by Crippen LogP contribution is -2.10. The average molecular weight is 276 g/mol. The summed E-state index contributed by atoms with van der Waals surface area (Å²) >= 11 is 0. The van der Waals surface area contributed by atoms with Crippen LogP contribution in [0.2, 0.25) is 0 Å². The zero-order valence-electron chi connectivity index (χ0n) is 11.7. The van der Waals surface area contributed by atoms with E-state index < -0.39 is 11.8 Å². The molecule has 0 radical (unpaired) electrons. The van der Waals surface area contributed by atoms with E-state index >= 15 is 0 Å². The van der Waals surface area contributed by atoms with E-state index in [1.54, 1.807) is 30.3 Å². The number of pyridine rings is 1. The van der Waals surface area contributed by atoms with Crippen molar-refractivity contribution in [3.8, 4) is 11.3 Å². The summed E-state index contributed by atoms with van der Waals surface area (Å²) in [6, 6.07) is 9.78. The fourth-order valence-electron chi connectivity index (χ4n) is 1.56. The van der Waals surface area contributed by atoms with Crippen molar-refractivity contribution in [2.24, 2.45) is 0 Å². The third kappa shape index (κ3) is 3.32. The molecule has 0 atom stereocenters. The largest absolute Gasteiger partial charge is 0.464 e. The highest BCUT2D eigenvalue weighted by atomic mass is 19.1. The van der Waals surface area contributed by atoms with Crippen molar-refractivity contribution in [3.05, 3.63) is 47.9 Å². The Hall–Kier alpha value is -2.43. The predicted octanol–water partition coefficient (Wildman–Crippen LogP) is 3.28. The Bertz CT molecular complexity index is 586. The molecule has 1 heterocycles. The molecule has 20 heavy (non-hydrogen) atoms. The van der Waals surface area contributed by atoms with Gasteiger partial charge in [-0.2, -0.15) is 0 Å². The van der Waals surface area contributed by atoms with Gasteiger partial charge in [-0.25, -0.2) is 14.2 Å². The number of rotatable bonds is 2. The van der Waals surface area contributed by atoms with Crippen LogP contribution in [0.1, 0.15) is 24.3 Å². The topological polar surface area (TPSA) is 65.2 Å². The zero-order chi connectivity index (χ0) is 15.1. The molecule has 2 aromatic rings. The summed E-state index contributed by atoms with van der Waals surface area (Å²) in [5, 5.41) is 0. The van der Waals surface area contributed by atoms with Crippen LogP contribution in [-0.2, 0) is 4.74 Å². The zero-order valence-corrected chi connectivity index (χ0v) is 11.7. The Morgan fingerprint density at radius 2 is 1.85 bits per heavy atom. The number of hydrogen-bond acceptors (Lipinski definition) is 4. The number of nitrogens with two attached hydrogens (primary N) is 1. The van der Waals surface area contributed by atoms with Gasteiger partial charge in [-0.1, -0.05) is 44.2 Å². The number of nitrogen functional groups attached to an aromatic ring is 1. The molecule has 5 heteroatoms.